The summed E-state index contributed by atoms with van der Waals surface area (Å²) < 4.78 is 10.0. The number of methoxy groups -OCH3 is 1. The van der Waals surface area contributed by atoms with Crippen LogP contribution < -0.4 is 10.5 Å². The van der Waals surface area contributed by atoms with Crippen LogP contribution in [0.2, 0.25) is 0 Å². The van der Waals surface area contributed by atoms with E-state index in [0.29, 0.717) is 13.0 Å². The first kappa shape index (κ1) is 16.7. The van der Waals surface area contributed by atoms with Crippen LogP contribution in [0, 0.1) is 0 Å². The number of hydrogen-bond donors (Lipinski definition) is 1. The van der Waals surface area contributed by atoms with Crippen LogP contribution in [0.4, 0.5) is 0 Å². The molecular weight excluding hydrogens is 254 g/mol. The highest BCUT2D eigenvalue weighted by Gasteiger charge is 2.15. The Kier molecular flexibility index (Phi) is 8.16. The molecule has 2 N–H and O–H groups in total. The van der Waals surface area contributed by atoms with Crippen molar-refractivity contribution in [1.29, 1.82) is 0 Å². The van der Waals surface area contributed by atoms with Crippen molar-refractivity contribution in [1.82, 2.24) is 0 Å². The van der Waals surface area contributed by atoms with Gasteiger partial charge in [0.2, 0.25) is 0 Å². The molecule has 1 unspecified atom stereocenters. The van der Waals surface area contributed by atoms with E-state index in [1.54, 1.807) is 7.11 Å². The molecule has 102 valence electrons. The quantitative estimate of drug-likeness (QED) is 0.805. The Hall–Kier alpha value is -1.26. The Labute approximate surface area is 114 Å². The lowest BCUT2D eigenvalue weighted by molar-refractivity contribution is -0.145. The van der Waals surface area contributed by atoms with Crippen molar-refractivity contribution in [3.05, 3.63) is 29.8 Å². The van der Waals surface area contributed by atoms with E-state index in [2.05, 4.69) is 0 Å². The third-order valence-corrected chi connectivity index (χ3v) is 2.37. The SMILES string of the molecule is CCCOC(=O)C(N)Cc1ccc(OC)cc1.Cl. The second-order valence-corrected chi connectivity index (χ2v) is 3.83. The van der Waals surface area contributed by atoms with Crippen molar-refractivity contribution in [2.75, 3.05) is 13.7 Å². The van der Waals surface area contributed by atoms with E-state index < -0.39 is 6.04 Å². The van der Waals surface area contributed by atoms with Crippen molar-refractivity contribution >= 4 is 18.4 Å². The van der Waals surface area contributed by atoms with E-state index in [4.69, 9.17) is 15.2 Å². The van der Waals surface area contributed by atoms with Gasteiger partial charge in [-0.2, -0.15) is 0 Å². The smallest absolute Gasteiger partial charge is 0.323 e. The summed E-state index contributed by atoms with van der Waals surface area (Å²) in [5.74, 6) is 0.443. The van der Waals surface area contributed by atoms with Crippen LogP contribution in [-0.4, -0.2) is 25.7 Å². The lowest BCUT2D eigenvalue weighted by atomic mass is 10.1. The summed E-state index contributed by atoms with van der Waals surface area (Å²) in [4.78, 5) is 11.5. The number of benzene rings is 1. The molecule has 0 fully saturated rings. The fourth-order valence-corrected chi connectivity index (χ4v) is 1.41. The van der Waals surface area contributed by atoms with E-state index >= 15 is 0 Å². The highest BCUT2D eigenvalue weighted by Crippen LogP contribution is 2.12. The second kappa shape index (κ2) is 8.78. The topological polar surface area (TPSA) is 61.5 Å². The maximum atomic E-state index is 11.5. The highest BCUT2D eigenvalue weighted by atomic mass is 35.5. The number of esters is 1. The molecule has 0 radical (unpaired) electrons. The summed E-state index contributed by atoms with van der Waals surface area (Å²) in [6.07, 6.45) is 1.29. The molecule has 1 aromatic carbocycles. The minimum atomic E-state index is -0.602. The maximum absolute atomic E-state index is 11.5. The van der Waals surface area contributed by atoms with E-state index in [1.807, 2.05) is 31.2 Å². The van der Waals surface area contributed by atoms with Crippen LogP contribution in [0.15, 0.2) is 24.3 Å². The molecule has 1 aromatic rings. The third-order valence-electron chi connectivity index (χ3n) is 2.37. The minimum absolute atomic E-state index is 0. The van der Waals surface area contributed by atoms with Gasteiger partial charge in [0.25, 0.3) is 0 Å². The van der Waals surface area contributed by atoms with Gasteiger partial charge in [-0.15, -0.1) is 12.4 Å². The predicted octanol–water partition coefficient (Wildman–Crippen LogP) is 1.94. The lowest BCUT2D eigenvalue weighted by Gasteiger charge is -2.11. The van der Waals surface area contributed by atoms with Gasteiger partial charge < -0.3 is 15.2 Å². The molecule has 0 bridgehead atoms. The number of nitrogens with two attached hydrogens (primary N) is 1. The van der Waals surface area contributed by atoms with Crippen LogP contribution in [-0.2, 0) is 16.0 Å². The molecule has 0 aliphatic heterocycles. The van der Waals surface area contributed by atoms with Gasteiger partial charge in [0, 0.05) is 0 Å². The van der Waals surface area contributed by atoms with Crippen molar-refractivity contribution in [2.24, 2.45) is 5.73 Å². The zero-order valence-electron chi connectivity index (χ0n) is 10.7. The fraction of sp³-hybridized carbons (Fsp3) is 0.462. The normalized spacial score (nSPS) is 11.3. The zero-order chi connectivity index (χ0) is 12.7. The summed E-state index contributed by atoms with van der Waals surface area (Å²) in [5, 5.41) is 0. The van der Waals surface area contributed by atoms with Crippen molar-refractivity contribution in [3.63, 3.8) is 0 Å². The van der Waals surface area contributed by atoms with Crippen molar-refractivity contribution in [3.8, 4) is 5.75 Å². The Morgan fingerprint density at radius 2 is 1.94 bits per heavy atom. The van der Waals surface area contributed by atoms with E-state index in [0.717, 1.165) is 17.7 Å². The van der Waals surface area contributed by atoms with Gasteiger partial charge in [0.15, 0.2) is 0 Å². The first-order valence-electron chi connectivity index (χ1n) is 5.72. The van der Waals surface area contributed by atoms with Gasteiger partial charge in [-0.05, 0) is 30.5 Å². The number of carbonyl (C=O) groups is 1. The molecule has 0 aliphatic rings. The standard InChI is InChI=1S/C13H19NO3.ClH/c1-3-8-17-13(15)12(14)9-10-4-6-11(16-2)7-5-10;/h4-7,12H,3,8-9,14H2,1-2H3;1H. The predicted molar refractivity (Wildman–Crippen MR) is 73.2 cm³/mol. The molecule has 4 nitrogen and oxygen atoms in total. The van der Waals surface area contributed by atoms with E-state index in [1.165, 1.54) is 0 Å². The first-order chi connectivity index (χ1) is 8.17. The number of halogens is 1. The molecule has 5 heteroatoms. The second-order valence-electron chi connectivity index (χ2n) is 3.83. The molecular formula is C13H20ClNO3. The van der Waals surface area contributed by atoms with E-state index in [9.17, 15) is 4.79 Å². The molecule has 0 saturated carbocycles. The van der Waals surface area contributed by atoms with Gasteiger partial charge >= 0.3 is 5.97 Å². The van der Waals surface area contributed by atoms with Crippen LogP contribution in [0.25, 0.3) is 0 Å². The monoisotopic (exact) mass is 273 g/mol. The van der Waals surface area contributed by atoms with Gasteiger partial charge in [-0.25, -0.2) is 0 Å². The summed E-state index contributed by atoms with van der Waals surface area (Å²) in [6.45, 7) is 2.37. The van der Waals surface area contributed by atoms with Crippen molar-refractivity contribution < 1.29 is 14.3 Å². The number of hydrogen-bond acceptors (Lipinski definition) is 4. The molecule has 0 aromatic heterocycles. The van der Waals surface area contributed by atoms with Gasteiger partial charge in [0.1, 0.15) is 11.8 Å². The molecule has 0 saturated heterocycles. The Bertz CT molecular complexity index is 354. The van der Waals surface area contributed by atoms with Crippen LogP contribution in [0.3, 0.4) is 0 Å². The van der Waals surface area contributed by atoms with E-state index in [-0.39, 0.29) is 18.4 Å². The zero-order valence-corrected chi connectivity index (χ0v) is 11.5. The summed E-state index contributed by atoms with van der Waals surface area (Å²) in [5.41, 5.74) is 6.75. The molecule has 1 rings (SSSR count). The molecule has 0 spiro atoms. The Morgan fingerprint density at radius 3 is 2.44 bits per heavy atom. The number of ether oxygens (including phenoxy) is 2. The average molecular weight is 274 g/mol. The molecule has 0 aliphatic carbocycles. The summed E-state index contributed by atoms with van der Waals surface area (Å²) >= 11 is 0. The average Bonchev–Trinajstić information content (AvgIpc) is 2.36. The number of carbonyl (C=O) groups excluding carboxylic acids is 1. The summed E-state index contributed by atoms with van der Waals surface area (Å²) in [6, 6.07) is 6.88. The third kappa shape index (κ3) is 5.38. The minimum Gasteiger partial charge on any atom is -0.497 e. The summed E-state index contributed by atoms with van der Waals surface area (Å²) in [7, 11) is 1.61. The Morgan fingerprint density at radius 1 is 1.33 bits per heavy atom. The fourth-order valence-electron chi connectivity index (χ4n) is 1.41. The van der Waals surface area contributed by atoms with Gasteiger partial charge in [-0.3, -0.25) is 4.79 Å². The first-order valence-corrected chi connectivity index (χ1v) is 5.72. The number of rotatable bonds is 6. The van der Waals surface area contributed by atoms with Crippen molar-refractivity contribution in [2.45, 2.75) is 25.8 Å². The molecule has 0 amide bonds. The molecule has 0 heterocycles. The molecule has 18 heavy (non-hydrogen) atoms. The van der Waals surface area contributed by atoms with Gasteiger partial charge in [-0.1, -0.05) is 19.1 Å². The van der Waals surface area contributed by atoms with Crippen LogP contribution in [0.1, 0.15) is 18.9 Å². The maximum Gasteiger partial charge on any atom is 0.323 e. The molecule has 1 atom stereocenters. The lowest BCUT2D eigenvalue weighted by Crippen LogP contribution is -2.34. The van der Waals surface area contributed by atoms with Gasteiger partial charge in [0.05, 0.1) is 13.7 Å². The largest absolute Gasteiger partial charge is 0.497 e. The Balaban J connectivity index is 0.00000289. The van der Waals surface area contributed by atoms with Crippen LogP contribution in [0.5, 0.6) is 5.75 Å². The highest BCUT2D eigenvalue weighted by molar-refractivity contribution is 5.85. The van der Waals surface area contributed by atoms with Crippen LogP contribution >= 0.6 is 12.4 Å².